The van der Waals surface area contributed by atoms with Crippen molar-refractivity contribution in [3.8, 4) is 0 Å². The van der Waals surface area contributed by atoms with Crippen molar-refractivity contribution >= 4 is 0 Å². The van der Waals surface area contributed by atoms with Crippen LogP contribution >= 0.6 is 0 Å². The molecule has 1 fully saturated rings. The van der Waals surface area contributed by atoms with Gasteiger partial charge >= 0.3 is 51.4 Å². The molecule has 4 heteroatoms. The minimum atomic E-state index is 0. The molecule has 0 aromatic heterocycles. The number of rotatable bonds is 4. The summed E-state index contributed by atoms with van der Waals surface area (Å²) < 4.78 is 0. The topological polar surface area (TPSA) is 32.5 Å². The van der Waals surface area contributed by atoms with Crippen molar-refractivity contribution < 1.29 is 51.4 Å². The molecule has 0 aromatic carbocycles. The maximum absolute atomic E-state index is 5.42. The van der Waals surface area contributed by atoms with Crippen LogP contribution < -0.4 is 57.1 Å². The summed E-state index contributed by atoms with van der Waals surface area (Å²) in [6.07, 6.45) is 0. The van der Waals surface area contributed by atoms with Gasteiger partial charge in [-0.25, -0.2) is 0 Å². The molecule has 3 nitrogen and oxygen atoms in total. The molecule has 0 bridgehead atoms. The smallest absolute Gasteiger partial charge is 0.461 e. The van der Waals surface area contributed by atoms with Gasteiger partial charge < -0.3 is 15.5 Å². The van der Waals surface area contributed by atoms with E-state index in [0.29, 0.717) is 0 Å². The van der Waals surface area contributed by atoms with E-state index in [-0.39, 0.29) is 51.4 Å². The summed E-state index contributed by atoms with van der Waals surface area (Å²) in [7, 11) is 5.84. The van der Waals surface area contributed by atoms with E-state index in [1.807, 2.05) is 11.9 Å². The van der Waals surface area contributed by atoms with Gasteiger partial charge in [-0.3, -0.25) is 7.05 Å². The van der Waals surface area contributed by atoms with Crippen LogP contribution in [-0.4, -0.2) is 49.6 Å². The van der Waals surface area contributed by atoms with Crippen LogP contribution in [0.1, 0.15) is 0 Å². The van der Waals surface area contributed by atoms with Crippen molar-refractivity contribution in [2.45, 2.75) is 0 Å². The number of hydrogen-bond donors (Lipinski definition) is 1. The largest absolute Gasteiger partial charge is 1.00 e. The second-order valence-corrected chi connectivity index (χ2v) is 3.45. The fraction of sp³-hybridized carbons (Fsp3) is 0.875. The first kappa shape index (κ1) is 13.5. The van der Waals surface area contributed by atoms with Gasteiger partial charge in [0.25, 0.3) is 0 Å². The summed E-state index contributed by atoms with van der Waals surface area (Å²) in [5.41, 5.74) is 5.42. The van der Waals surface area contributed by atoms with Gasteiger partial charge in [0, 0.05) is 26.2 Å². The zero-order valence-corrected chi connectivity index (χ0v) is 11.4. The Kier molecular flexibility index (Phi) is 7.77. The molecule has 0 spiro atoms. The van der Waals surface area contributed by atoms with Crippen LogP contribution in [0.2, 0.25) is 0 Å². The van der Waals surface area contributed by atoms with E-state index in [4.69, 9.17) is 5.73 Å². The monoisotopic (exact) mass is 195 g/mol. The molecular formula is C8H18KN3. The molecule has 0 aliphatic carbocycles. The third kappa shape index (κ3) is 4.67. The molecule has 1 rings (SSSR count). The van der Waals surface area contributed by atoms with Crippen LogP contribution in [0, 0.1) is 13.0 Å². The summed E-state index contributed by atoms with van der Waals surface area (Å²) in [4.78, 5) is 4.39. The van der Waals surface area contributed by atoms with E-state index in [9.17, 15) is 0 Å². The molecule has 66 valence electrons. The summed E-state index contributed by atoms with van der Waals surface area (Å²) >= 11 is 0. The second-order valence-electron chi connectivity index (χ2n) is 3.45. The fourth-order valence-corrected chi connectivity index (χ4v) is 1.60. The summed E-state index contributed by atoms with van der Waals surface area (Å²) in [5.74, 6) is 0.823. The number of nitrogens with zero attached hydrogens (tertiary/aromatic N) is 2. The molecule has 0 unspecified atom stereocenters. The van der Waals surface area contributed by atoms with E-state index >= 15 is 0 Å². The van der Waals surface area contributed by atoms with Crippen LogP contribution in [0.15, 0.2) is 0 Å². The van der Waals surface area contributed by atoms with Gasteiger partial charge in [0.2, 0.25) is 0 Å². The SMILES string of the molecule is [CH2-]N(C)CC1CN(CCN)C1.[K+]. The zero-order valence-electron chi connectivity index (χ0n) is 8.29. The molecule has 1 aliphatic rings. The van der Waals surface area contributed by atoms with Gasteiger partial charge in [-0.1, -0.05) is 0 Å². The van der Waals surface area contributed by atoms with Crippen molar-refractivity contribution in [2.75, 3.05) is 39.8 Å². The minimum absolute atomic E-state index is 0. The third-order valence-corrected chi connectivity index (χ3v) is 2.05. The van der Waals surface area contributed by atoms with Gasteiger partial charge in [-0.2, -0.15) is 0 Å². The summed E-state index contributed by atoms with van der Waals surface area (Å²) in [5, 5.41) is 0. The first-order valence-corrected chi connectivity index (χ1v) is 4.16. The molecule has 0 atom stereocenters. The van der Waals surface area contributed by atoms with Crippen LogP contribution in [0.3, 0.4) is 0 Å². The van der Waals surface area contributed by atoms with Gasteiger partial charge in [-0.05, 0) is 19.5 Å². The van der Waals surface area contributed by atoms with E-state index in [1.165, 1.54) is 13.1 Å². The quantitative estimate of drug-likeness (QED) is 0.375. The Labute approximate surface area is 118 Å². The first-order valence-electron chi connectivity index (χ1n) is 4.16. The zero-order chi connectivity index (χ0) is 8.27. The molecule has 2 N–H and O–H groups in total. The van der Waals surface area contributed by atoms with Crippen molar-refractivity contribution in [2.24, 2.45) is 11.7 Å². The van der Waals surface area contributed by atoms with Crippen molar-refractivity contribution in [1.29, 1.82) is 0 Å². The van der Waals surface area contributed by atoms with Crippen LogP contribution in [-0.2, 0) is 0 Å². The maximum atomic E-state index is 5.42. The Morgan fingerprint density at radius 2 is 2.17 bits per heavy atom. The number of likely N-dealkylation sites (tertiary alicyclic amines) is 1. The predicted octanol–water partition coefficient (Wildman–Crippen LogP) is -3.40. The number of hydrogen-bond acceptors (Lipinski definition) is 3. The Hall–Kier alpha value is 1.52. The minimum Gasteiger partial charge on any atom is -0.461 e. The van der Waals surface area contributed by atoms with Crippen LogP contribution in [0.25, 0.3) is 0 Å². The maximum Gasteiger partial charge on any atom is 1.00 e. The summed E-state index contributed by atoms with van der Waals surface area (Å²) in [6.45, 7) is 5.36. The molecule has 0 aromatic rings. The standard InChI is InChI=1S/C8H18N3.K/c1-10(2)5-8-6-11(7-8)4-3-9;/h8H,1,3-7,9H2,2H3;/q-1;+1. The molecule has 1 heterocycles. The van der Waals surface area contributed by atoms with Gasteiger partial charge in [-0.15, -0.1) is 0 Å². The molecule has 12 heavy (non-hydrogen) atoms. The predicted molar refractivity (Wildman–Crippen MR) is 47.0 cm³/mol. The Bertz CT molecular complexity index is 113. The Morgan fingerprint density at radius 1 is 1.58 bits per heavy atom. The van der Waals surface area contributed by atoms with Gasteiger partial charge in [0.1, 0.15) is 0 Å². The number of nitrogens with two attached hydrogens (primary N) is 1. The van der Waals surface area contributed by atoms with E-state index in [2.05, 4.69) is 11.9 Å². The van der Waals surface area contributed by atoms with Gasteiger partial charge in [0.05, 0.1) is 0 Å². The average molecular weight is 195 g/mol. The van der Waals surface area contributed by atoms with Crippen LogP contribution in [0.4, 0.5) is 0 Å². The van der Waals surface area contributed by atoms with Crippen molar-refractivity contribution in [3.63, 3.8) is 0 Å². The fourth-order valence-electron chi connectivity index (χ4n) is 1.60. The van der Waals surface area contributed by atoms with E-state index < -0.39 is 0 Å². The second kappa shape index (κ2) is 6.89. The molecule has 0 amide bonds. The Balaban J connectivity index is 0.00000121. The molecule has 0 radical (unpaired) electrons. The first-order chi connectivity index (χ1) is 5.22. The summed E-state index contributed by atoms with van der Waals surface area (Å²) in [6, 6.07) is 0. The van der Waals surface area contributed by atoms with Crippen LogP contribution in [0.5, 0.6) is 0 Å². The molecule has 1 aliphatic heterocycles. The average Bonchev–Trinajstić information content (AvgIpc) is 1.82. The third-order valence-electron chi connectivity index (χ3n) is 2.05. The van der Waals surface area contributed by atoms with E-state index in [1.54, 1.807) is 0 Å². The van der Waals surface area contributed by atoms with Crippen molar-refractivity contribution in [3.05, 3.63) is 7.05 Å². The Morgan fingerprint density at radius 3 is 2.58 bits per heavy atom. The normalized spacial score (nSPS) is 19.0. The molecule has 0 saturated carbocycles. The van der Waals surface area contributed by atoms with Crippen molar-refractivity contribution in [1.82, 2.24) is 9.80 Å². The molecule has 1 saturated heterocycles. The van der Waals surface area contributed by atoms with Gasteiger partial charge in [0.15, 0.2) is 0 Å². The molecular weight excluding hydrogens is 177 g/mol. The van der Waals surface area contributed by atoms with E-state index in [0.717, 1.165) is 25.6 Å².